The van der Waals surface area contributed by atoms with Gasteiger partial charge in [0.1, 0.15) is 5.76 Å². The van der Waals surface area contributed by atoms with Crippen LogP contribution in [0.4, 0.5) is 0 Å². The third-order valence-corrected chi connectivity index (χ3v) is 1.41. The molecule has 2 nitrogen and oxygen atoms in total. The summed E-state index contributed by atoms with van der Waals surface area (Å²) >= 11 is 10.9. The number of rotatable bonds is 2. The fraction of sp³-hybridized carbons (Fsp3) is 0.167. The summed E-state index contributed by atoms with van der Waals surface area (Å²) in [6, 6.07) is 3.08. The highest BCUT2D eigenvalue weighted by molar-refractivity contribution is 6.43. The molecule has 0 aliphatic rings. The number of halogens is 2. The van der Waals surface area contributed by atoms with Crippen molar-refractivity contribution in [3.05, 3.63) is 23.7 Å². The molecule has 54 valence electrons. The third-order valence-electron chi connectivity index (χ3n) is 0.979. The maximum absolute atomic E-state index is 10.1. The molecular formula is C6H4Cl2O2. The summed E-state index contributed by atoms with van der Waals surface area (Å²) in [5, 5.41) is 0. The van der Waals surface area contributed by atoms with E-state index in [2.05, 4.69) is 0 Å². The molecule has 0 unspecified atom stereocenters. The predicted octanol–water partition coefficient (Wildman–Crippen LogP) is 2.57. The van der Waals surface area contributed by atoms with Crippen LogP contribution in [0.1, 0.15) is 21.2 Å². The Morgan fingerprint density at radius 1 is 1.50 bits per heavy atom. The summed E-state index contributed by atoms with van der Waals surface area (Å²) in [6.07, 6.45) is 0.597. The highest BCUT2D eigenvalue weighted by Gasteiger charge is 2.07. The van der Waals surface area contributed by atoms with Gasteiger partial charge in [0, 0.05) is 0 Å². The lowest BCUT2D eigenvalue weighted by Crippen LogP contribution is -1.73. The summed E-state index contributed by atoms with van der Waals surface area (Å²) in [5.74, 6) is 0.631. The average molecular weight is 179 g/mol. The smallest absolute Gasteiger partial charge is 0.185 e. The zero-order valence-electron chi connectivity index (χ0n) is 4.88. The molecule has 0 aliphatic heterocycles. The van der Waals surface area contributed by atoms with Gasteiger partial charge in [-0.2, -0.15) is 0 Å². The molecule has 0 saturated heterocycles. The van der Waals surface area contributed by atoms with Crippen molar-refractivity contribution < 1.29 is 9.21 Å². The zero-order valence-corrected chi connectivity index (χ0v) is 6.39. The van der Waals surface area contributed by atoms with Gasteiger partial charge in [-0.3, -0.25) is 4.79 Å². The Kier molecular flexibility index (Phi) is 2.35. The molecule has 0 fully saturated rings. The Labute approximate surface area is 67.7 Å². The lowest BCUT2D eigenvalue weighted by molar-refractivity contribution is 0.109. The molecule has 1 aromatic heterocycles. The lowest BCUT2D eigenvalue weighted by atomic mass is 10.4. The summed E-state index contributed by atoms with van der Waals surface area (Å²) in [7, 11) is 0. The second-order valence-electron chi connectivity index (χ2n) is 1.66. The summed E-state index contributed by atoms with van der Waals surface area (Å²) < 4.78 is 4.86. The maximum Gasteiger partial charge on any atom is 0.185 e. The molecule has 0 saturated carbocycles. The van der Waals surface area contributed by atoms with Gasteiger partial charge in [-0.25, -0.2) is 0 Å². The molecule has 1 heterocycles. The third kappa shape index (κ3) is 1.52. The quantitative estimate of drug-likeness (QED) is 0.515. The first-order valence-electron chi connectivity index (χ1n) is 2.57. The average Bonchev–Trinajstić information content (AvgIpc) is 2.34. The topological polar surface area (TPSA) is 30.2 Å². The summed E-state index contributed by atoms with van der Waals surface area (Å²) in [4.78, 5) is 9.36. The molecule has 4 heteroatoms. The standard InChI is InChI=1S/C6H4Cl2O2/c7-6(8)5-2-1-4(3-9)10-5/h1-3,6H. The van der Waals surface area contributed by atoms with Gasteiger partial charge < -0.3 is 4.42 Å². The minimum absolute atomic E-state index is 0.237. The lowest BCUT2D eigenvalue weighted by Gasteiger charge is -1.91. The predicted molar refractivity (Wildman–Crippen MR) is 38.5 cm³/mol. The van der Waals surface area contributed by atoms with Crippen LogP contribution >= 0.6 is 23.2 Å². The van der Waals surface area contributed by atoms with E-state index in [0.717, 1.165) is 0 Å². The van der Waals surface area contributed by atoms with Gasteiger partial charge in [0.15, 0.2) is 16.9 Å². The Morgan fingerprint density at radius 3 is 2.50 bits per heavy atom. The molecule has 0 bridgehead atoms. The van der Waals surface area contributed by atoms with Crippen molar-refractivity contribution in [2.75, 3.05) is 0 Å². The first-order chi connectivity index (χ1) is 4.74. The van der Waals surface area contributed by atoms with Crippen molar-refractivity contribution in [3.63, 3.8) is 0 Å². The Bertz CT molecular complexity index is 229. The van der Waals surface area contributed by atoms with Crippen LogP contribution in [0.15, 0.2) is 16.5 Å². The minimum Gasteiger partial charge on any atom is -0.455 e. The van der Waals surface area contributed by atoms with Crippen molar-refractivity contribution in [2.45, 2.75) is 4.84 Å². The zero-order chi connectivity index (χ0) is 7.56. The normalized spacial score (nSPS) is 10.3. The number of alkyl halides is 2. The molecule has 1 aromatic rings. The van der Waals surface area contributed by atoms with Crippen molar-refractivity contribution in [1.82, 2.24) is 0 Å². The highest BCUT2D eigenvalue weighted by atomic mass is 35.5. The Morgan fingerprint density at radius 2 is 2.20 bits per heavy atom. The molecule has 0 aromatic carbocycles. The number of carbonyl (C=O) groups excluding carboxylic acids is 1. The molecule has 0 atom stereocenters. The molecule has 0 spiro atoms. The fourth-order valence-corrected chi connectivity index (χ4v) is 0.784. The Balaban J connectivity index is 2.88. The number of hydrogen-bond donors (Lipinski definition) is 0. The molecule has 0 aliphatic carbocycles. The SMILES string of the molecule is O=Cc1ccc(C(Cl)Cl)o1. The van der Waals surface area contributed by atoms with E-state index in [0.29, 0.717) is 12.0 Å². The van der Waals surface area contributed by atoms with Gasteiger partial charge in [0.25, 0.3) is 0 Å². The van der Waals surface area contributed by atoms with Crippen molar-refractivity contribution in [2.24, 2.45) is 0 Å². The van der Waals surface area contributed by atoms with Crippen LogP contribution in [-0.2, 0) is 0 Å². The highest BCUT2D eigenvalue weighted by Crippen LogP contribution is 2.25. The first kappa shape index (κ1) is 7.63. The van der Waals surface area contributed by atoms with Gasteiger partial charge >= 0.3 is 0 Å². The van der Waals surface area contributed by atoms with Crippen LogP contribution in [0, 0.1) is 0 Å². The molecule has 1 rings (SSSR count). The van der Waals surface area contributed by atoms with Crippen LogP contribution in [-0.4, -0.2) is 6.29 Å². The molecule has 0 radical (unpaired) electrons. The van der Waals surface area contributed by atoms with E-state index in [-0.39, 0.29) is 5.76 Å². The van der Waals surface area contributed by atoms with Crippen molar-refractivity contribution in [1.29, 1.82) is 0 Å². The van der Waals surface area contributed by atoms with Gasteiger partial charge in [0.05, 0.1) is 0 Å². The van der Waals surface area contributed by atoms with Crippen LogP contribution < -0.4 is 0 Å². The van der Waals surface area contributed by atoms with E-state index in [4.69, 9.17) is 27.6 Å². The molecule has 0 amide bonds. The largest absolute Gasteiger partial charge is 0.455 e. The molecule has 10 heavy (non-hydrogen) atoms. The van der Waals surface area contributed by atoms with E-state index < -0.39 is 4.84 Å². The minimum atomic E-state index is -0.700. The van der Waals surface area contributed by atoms with Crippen LogP contribution in [0.5, 0.6) is 0 Å². The second-order valence-corrected chi connectivity index (χ2v) is 2.75. The van der Waals surface area contributed by atoms with Gasteiger partial charge in [-0.05, 0) is 12.1 Å². The van der Waals surface area contributed by atoms with Crippen LogP contribution in [0.25, 0.3) is 0 Å². The van der Waals surface area contributed by atoms with Crippen LogP contribution in [0.2, 0.25) is 0 Å². The second kappa shape index (κ2) is 3.08. The van der Waals surface area contributed by atoms with E-state index in [9.17, 15) is 4.79 Å². The van der Waals surface area contributed by atoms with Gasteiger partial charge in [-0.1, -0.05) is 23.2 Å². The summed E-state index contributed by atoms with van der Waals surface area (Å²) in [5.41, 5.74) is 0. The van der Waals surface area contributed by atoms with Gasteiger partial charge in [0.2, 0.25) is 0 Å². The van der Waals surface area contributed by atoms with Crippen molar-refractivity contribution in [3.8, 4) is 0 Å². The van der Waals surface area contributed by atoms with Gasteiger partial charge in [-0.15, -0.1) is 0 Å². The fourth-order valence-electron chi connectivity index (χ4n) is 0.549. The number of furan rings is 1. The van der Waals surface area contributed by atoms with E-state index in [1.807, 2.05) is 0 Å². The molecular weight excluding hydrogens is 175 g/mol. The molecule has 0 N–H and O–H groups in total. The first-order valence-corrected chi connectivity index (χ1v) is 3.44. The number of hydrogen-bond acceptors (Lipinski definition) is 2. The maximum atomic E-state index is 10.1. The van der Waals surface area contributed by atoms with Crippen LogP contribution in [0.3, 0.4) is 0 Å². The summed E-state index contributed by atoms with van der Waals surface area (Å²) in [6.45, 7) is 0. The van der Waals surface area contributed by atoms with E-state index in [1.54, 1.807) is 6.07 Å². The van der Waals surface area contributed by atoms with E-state index >= 15 is 0 Å². The number of carbonyl (C=O) groups is 1. The van der Waals surface area contributed by atoms with Crippen molar-refractivity contribution >= 4 is 29.5 Å². The number of aldehydes is 1. The van der Waals surface area contributed by atoms with E-state index in [1.165, 1.54) is 6.07 Å². The Hall–Kier alpha value is -0.470. The monoisotopic (exact) mass is 178 g/mol.